The van der Waals surface area contributed by atoms with Crippen LogP contribution in [-0.2, 0) is 0 Å². The molecule has 0 aliphatic rings. The molecule has 0 spiro atoms. The summed E-state index contributed by atoms with van der Waals surface area (Å²) in [7, 11) is 0. The molecule has 15 heavy (non-hydrogen) atoms. The molecule has 1 rings (SSSR count). The average molecular weight is 208 g/mol. The van der Waals surface area contributed by atoms with E-state index in [1.165, 1.54) is 0 Å². The van der Waals surface area contributed by atoms with Crippen LogP contribution in [0.3, 0.4) is 0 Å². The highest BCUT2D eigenvalue weighted by Gasteiger charge is 1.95. The summed E-state index contributed by atoms with van der Waals surface area (Å²) in [6, 6.07) is 7.23. The van der Waals surface area contributed by atoms with Crippen molar-refractivity contribution in [3.05, 3.63) is 29.2 Å². The van der Waals surface area contributed by atoms with E-state index < -0.39 is 0 Å². The van der Waals surface area contributed by atoms with Crippen molar-refractivity contribution in [2.45, 2.75) is 19.9 Å². The van der Waals surface area contributed by atoms with Crippen LogP contribution in [0.5, 0.6) is 5.75 Å². The summed E-state index contributed by atoms with van der Waals surface area (Å²) in [5.74, 6) is 0.757. The topological polar surface area (TPSA) is 50.7 Å². The lowest BCUT2D eigenvalue weighted by Crippen LogP contribution is -2.27. The number of nitrogens with one attached hydrogen (secondary N) is 1. The van der Waals surface area contributed by atoms with Crippen LogP contribution in [0.2, 0.25) is 0 Å². The predicted molar refractivity (Wildman–Crippen MR) is 60.5 cm³/mol. The summed E-state index contributed by atoms with van der Waals surface area (Å²) < 4.78 is 5.45. The van der Waals surface area contributed by atoms with Gasteiger partial charge in [-0.05, 0) is 29.4 Å². The fourth-order valence-corrected chi connectivity index (χ4v) is 1.12. The van der Waals surface area contributed by atoms with Gasteiger partial charge in [-0.1, -0.05) is 13.8 Å². The summed E-state index contributed by atoms with van der Waals surface area (Å²) in [4.78, 5) is 10.2. The van der Waals surface area contributed by atoms with Crippen molar-refractivity contribution in [2.75, 3.05) is 13.2 Å². The molecule has 0 unspecified atom stereocenters. The lowest BCUT2D eigenvalue weighted by atomic mass is 10.3. The molecule has 4 heteroatoms. The second-order valence-electron chi connectivity index (χ2n) is 3.54. The van der Waals surface area contributed by atoms with Crippen LogP contribution in [0.1, 0.15) is 13.8 Å². The Morgan fingerprint density at radius 2 is 2.00 bits per heavy atom. The van der Waals surface area contributed by atoms with Crippen molar-refractivity contribution in [1.82, 2.24) is 5.32 Å². The first kappa shape index (κ1) is 11.7. The Bertz CT molecular complexity index is 296. The normalized spacial score (nSPS) is 10.3. The lowest BCUT2D eigenvalue weighted by molar-refractivity contribution is 0.309. The van der Waals surface area contributed by atoms with E-state index in [-0.39, 0.29) is 0 Å². The van der Waals surface area contributed by atoms with Crippen molar-refractivity contribution < 1.29 is 4.74 Å². The average Bonchev–Trinajstić information content (AvgIpc) is 2.25. The number of hydrogen-bond donors (Lipinski definition) is 1. The summed E-state index contributed by atoms with van der Waals surface area (Å²) in [6.07, 6.45) is 0. The molecular formula is C11H16N2O2. The zero-order valence-electron chi connectivity index (χ0n) is 9.06. The predicted octanol–water partition coefficient (Wildman–Crippen LogP) is 2.46. The minimum atomic E-state index is 0.419. The van der Waals surface area contributed by atoms with E-state index in [1.807, 2.05) is 0 Å². The summed E-state index contributed by atoms with van der Waals surface area (Å²) in [5.41, 5.74) is 0.419. The van der Waals surface area contributed by atoms with Crippen LogP contribution >= 0.6 is 0 Å². The molecule has 82 valence electrons. The zero-order chi connectivity index (χ0) is 11.1. The van der Waals surface area contributed by atoms with Gasteiger partial charge in [-0.2, -0.15) is 0 Å². The fraction of sp³-hybridized carbons (Fsp3) is 0.455. The number of benzene rings is 1. The van der Waals surface area contributed by atoms with Gasteiger partial charge in [0.1, 0.15) is 18.0 Å². The molecule has 0 atom stereocenters. The van der Waals surface area contributed by atoms with Gasteiger partial charge in [0.25, 0.3) is 0 Å². The SMILES string of the molecule is CC(C)NCCOc1ccc(N=O)cc1. The van der Waals surface area contributed by atoms with E-state index >= 15 is 0 Å². The maximum Gasteiger partial charge on any atom is 0.119 e. The molecule has 0 radical (unpaired) electrons. The van der Waals surface area contributed by atoms with E-state index in [2.05, 4.69) is 24.3 Å². The number of hydrogen-bond acceptors (Lipinski definition) is 4. The lowest BCUT2D eigenvalue weighted by Gasteiger charge is -2.09. The molecule has 1 N–H and O–H groups in total. The van der Waals surface area contributed by atoms with Crippen LogP contribution in [0, 0.1) is 4.91 Å². The van der Waals surface area contributed by atoms with Crippen molar-refractivity contribution in [3.63, 3.8) is 0 Å². The Hall–Kier alpha value is -1.42. The number of rotatable bonds is 6. The molecule has 1 aromatic carbocycles. The quantitative estimate of drug-likeness (QED) is 0.577. The summed E-state index contributed by atoms with van der Waals surface area (Å²) in [5, 5.41) is 6.06. The second-order valence-corrected chi connectivity index (χ2v) is 3.54. The molecule has 0 amide bonds. The van der Waals surface area contributed by atoms with Crippen LogP contribution < -0.4 is 10.1 Å². The Labute approximate surface area is 89.6 Å². The van der Waals surface area contributed by atoms with Gasteiger partial charge in [-0.15, -0.1) is 4.91 Å². The van der Waals surface area contributed by atoms with E-state index in [1.54, 1.807) is 24.3 Å². The van der Waals surface area contributed by atoms with Gasteiger partial charge < -0.3 is 10.1 Å². The molecule has 0 bridgehead atoms. The molecule has 0 aliphatic heterocycles. The maximum absolute atomic E-state index is 10.2. The third-order valence-corrected chi connectivity index (χ3v) is 1.87. The number of nitrogens with zero attached hydrogens (tertiary/aromatic N) is 1. The van der Waals surface area contributed by atoms with E-state index in [0.29, 0.717) is 18.3 Å². The third-order valence-electron chi connectivity index (χ3n) is 1.87. The van der Waals surface area contributed by atoms with Gasteiger partial charge in [0.2, 0.25) is 0 Å². The van der Waals surface area contributed by atoms with Crippen LogP contribution in [-0.4, -0.2) is 19.2 Å². The minimum Gasteiger partial charge on any atom is -0.492 e. The highest BCUT2D eigenvalue weighted by Crippen LogP contribution is 2.17. The van der Waals surface area contributed by atoms with E-state index in [0.717, 1.165) is 12.3 Å². The summed E-state index contributed by atoms with van der Waals surface area (Å²) in [6.45, 7) is 5.60. The van der Waals surface area contributed by atoms with Gasteiger partial charge in [0.05, 0.1) is 0 Å². The Balaban J connectivity index is 2.28. The van der Waals surface area contributed by atoms with Crippen LogP contribution in [0.25, 0.3) is 0 Å². The maximum atomic E-state index is 10.2. The number of ether oxygens (including phenoxy) is 1. The second kappa shape index (κ2) is 6.14. The van der Waals surface area contributed by atoms with Crippen molar-refractivity contribution >= 4 is 5.69 Å². The highest BCUT2D eigenvalue weighted by atomic mass is 16.5. The first-order chi connectivity index (χ1) is 7.22. The largest absolute Gasteiger partial charge is 0.492 e. The van der Waals surface area contributed by atoms with Crippen molar-refractivity contribution in [1.29, 1.82) is 0 Å². The number of nitroso groups, excluding NO2 is 1. The van der Waals surface area contributed by atoms with Crippen molar-refractivity contribution in [2.24, 2.45) is 5.18 Å². The Kier molecular flexibility index (Phi) is 4.77. The van der Waals surface area contributed by atoms with Crippen molar-refractivity contribution in [3.8, 4) is 5.75 Å². The molecule has 0 fully saturated rings. The molecule has 0 aromatic heterocycles. The minimum absolute atomic E-state index is 0.419. The van der Waals surface area contributed by atoms with E-state index in [9.17, 15) is 4.91 Å². The molecule has 0 heterocycles. The standard InChI is InChI=1S/C11H16N2O2/c1-9(2)12-7-8-15-11-5-3-10(13-14)4-6-11/h3-6,9,12H,7-8H2,1-2H3. The molecule has 0 aliphatic carbocycles. The molecule has 4 nitrogen and oxygen atoms in total. The van der Waals surface area contributed by atoms with Gasteiger partial charge in [-0.3, -0.25) is 0 Å². The summed E-state index contributed by atoms with van der Waals surface area (Å²) >= 11 is 0. The third kappa shape index (κ3) is 4.56. The van der Waals surface area contributed by atoms with Crippen LogP contribution in [0.15, 0.2) is 29.4 Å². The Morgan fingerprint density at radius 3 is 2.53 bits per heavy atom. The Morgan fingerprint density at radius 1 is 1.33 bits per heavy atom. The fourth-order valence-electron chi connectivity index (χ4n) is 1.12. The first-order valence-corrected chi connectivity index (χ1v) is 5.02. The van der Waals surface area contributed by atoms with Crippen LogP contribution in [0.4, 0.5) is 5.69 Å². The molecule has 0 saturated heterocycles. The molecular weight excluding hydrogens is 192 g/mol. The van der Waals surface area contributed by atoms with E-state index in [4.69, 9.17) is 4.74 Å². The molecule has 0 saturated carbocycles. The van der Waals surface area contributed by atoms with Gasteiger partial charge in [0.15, 0.2) is 0 Å². The molecule has 1 aromatic rings. The zero-order valence-corrected chi connectivity index (χ0v) is 9.06. The van der Waals surface area contributed by atoms with Gasteiger partial charge >= 0.3 is 0 Å². The van der Waals surface area contributed by atoms with Gasteiger partial charge in [-0.25, -0.2) is 0 Å². The first-order valence-electron chi connectivity index (χ1n) is 5.02. The smallest absolute Gasteiger partial charge is 0.119 e. The highest BCUT2D eigenvalue weighted by molar-refractivity contribution is 5.40. The monoisotopic (exact) mass is 208 g/mol. The van der Waals surface area contributed by atoms with Gasteiger partial charge in [0, 0.05) is 12.6 Å².